The molecule has 1 heterocycles. The molecule has 80 valence electrons. The molecule has 0 saturated heterocycles. The molecule has 1 rings (SSSR count). The van der Waals surface area contributed by atoms with Crippen molar-refractivity contribution in [1.29, 1.82) is 5.26 Å². The predicted molar refractivity (Wildman–Crippen MR) is 61.7 cm³/mol. The summed E-state index contributed by atoms with van der Waals surface area (Å²) in [6.45, 7) is 3.18. The van der Waals surface area contributed by atoms with E-state index in [2.05, 4.69) is 22.9 Å². The van der Waals surface area contributed by atoms with E-state index >= 15 is 0 Å². The Labute approximate surface area is 91.4 Å². The van der Waals surface area contributed by atoms with Crippen LogP contribution in [0.3, 0.4) is 0 Å². The van der Waals surface area contributed by atoms with Crippen molar-refractivity contribution in [2.75, 3.05) is 18.5 Å². The summed E-state index contributed by atoms with van der Waals surface area (Å²) in [5, 5.41) is 8.76. The lowest BCUT2D eigenvalue weighted by atomic mass is 10.2. The highest BCUT2D eigenvalue weighted by molar-refractivity contribution is 5.44. The van der Waals surface area contributed by atoms with Crippen molar-refractivity contribution in [2.24, 2.45) is 0 Å². The van der Waals surface area contributed by atoms with Crippen molar-refractivity contribution in [3.8, 4) is 6.07 Å². The molecule has 3 heteroatoms. The zero-order chi connectivity index (χ0) is 11.1. The van der Waals surface area contributed by atoms with Crippen LogP contribution in [0.15, 0.2) is 18.3 Å². The van der Waals surface area contributed by atoms with E-state index in [9.17, 15) is 0 Å². The Morgan fingerprint density at radius 3 is 2.93 bits per heavy atom. The van der Waals surface area contributed by atoms with Gasteiger partial charge in [0.2, 0.25) is 0 Å². The molecule has 0 bridgehead atoms. The number of hydrogen-bond acceptors (Lipinski definition) is 3. The maximum absolute atomic E-state index is 8.76. The van der Waals surface area contributed by atoms with Crippen LogP contribution in [-0.4, -0.2) is 18.6 Å². The van der Waals surface area contributed by atoms with Gasteiger partial charge in [0.05, 0.1) is 11.6 Å². The van der Waals surface area contributed by atoms with Crippen LogP contribution in [-0.2, 0) is 0 Å². The van der Waals surface area contributed by atoms with Crippen LogP contribution in [0.4, 0.5) is 5.82 Å². The third-order valence-electron chi connectivity index (χ3n) is 2.36. The maximum atomic E-state index is 8.76. The Morgan fingerprint density at radius 2 is 2.27 bits per heavy atom. The van der Waals surface area contributed by atoms with Gasteiger partial charge in [-0.2, -0.15) is 5.26 Å². The Hall–Kier alpha value is -1.56. The Balaban J connectivity index is 2.57. The third-order valence-corrected chi connectivity index (χ3v) is 2.36. The van der Waals surface area contributed by atoms with Crippen molar-refractivity contribution in [1.82, 2.24) is 4.98 Å². The molecule has 0 fully saturated rings. The first-order valence-electron chi connectivity index (χ1n) is 5.35. The average molecular weight is 203 g/mol. The molecule has 0 spiro atoms. The summed E-state index contributed by atoms with van der Waals surface area (Å²) < 4.78 is 0. The van der Waals surface area contributed by atoms with Gasteiger partial charge in [-0.15, -0.1) is 0 Å². The molecule has 0 N–H and O–H groups in total. The Bertz CT molecular complexity index is 341. The van der Waals surface area contributed by atoms with Gasteiger partial charge in [0.25, 0.3) is 0 Å². The smallest absolute Gasteiger partial charge is 0.129 e. The Morgan fingerprint density at radius 1 is 1.47 bits per heavy atom. The van der Waals surface area contributed by atoms with Crippen LogP contribution in [0.5, 0.6) is 0 Å². The van der Waals surface area contributed by atoms with Crippen molar-refractivity contribution in [2.45, 2.75) is 26.2 Å². The third kappa shape index (κ3) is 3.59. The molecule has 0 unspecified atom stereocenters. The van der Waals surface area contributed by atoms with Crippen LogP contribution < -0.4 is 4.90 Å². The summed E-state index contributed by atoms with van der Waals surface area (Å²) in [4.78, 5) is 6.33. The van der Waals surface area contributed by atoms with Crippen molar-refractivity contribution in [3.63, 3.8) is 0 Å². The normalized spacial score (nSPS) is 9.67. The molecule has 0 aliphatic heterocycles. The first kappa shape index (κ1) is 11.5. The fourth-order valence-electron chi connectivity index (χ4n) is 1.41. The minimum absolute atomic E-state index is 0.669. The van der Waals surface area contributed by atoms with Gasteiger partial charge in [-0.05, 0) is 18.6 Å². The number of unbranched alkanes of at least 4 members (excludes halogenated alkanes) is 2. The zero-order valence-corrected chi connectivity index (χ0v) is 9.40. The largest absolute Gasteiger partial charge is 0.360 e. The van der Waals surface area contributed by atoms with Crippen LogP contribution >= 0.6 is 0 Å². The van der Waals surface area contributed by atoms with E-state index in [0.29, 0.717) is 5.56 Å². The number of nitriles is 1. The first-order chi connectivity index (χ1) is 7.27. The van der Waals surface area contributed by atoms with E-state index in [-0.39, 0.29) is 0 Å². The van der Waals surface area contributed by atoms with Crippen LogP contribution in [0, 0.1) is 11.3 Å². The molecular formula is C12H17N3. The highest BCUT2D eigenvalue weighted by atomic mass is 15.2. The first-order valence-corrected chi connectivity index (χ1v) is 5.35. The van der Waals surface area contributed by atoms with Crippen molar-refractivity contribution in [3.05, 3.63) is 23.9 Å². The molecule has 3 nitrogen and oxygen atoms in total. The van der Waals surface area contributed by atoms with Gasteiger partial charge in [0, 0.05) is 19.8 Å². The number of nitrogens with zero attached hydrogens (tertiary/aromatic N) is 3. The molecule has 0 radical (unpaired) electrons. The highest BCUT2D eigenvalue weighted by Crippen LogP contribution is 2.11. The van der Waals surface area contributed by atoms with Crippen LogP contribution in [0.2, 0.25) is 0 Å². The average Bonchev–Trinajstić information content (AvgIpc) is 2.29. The topological polar surface area (TPSA) is 39.9 Å². The Kier molecular flexibility index (Phi) is 4.62. The van der Waals surface area contributed by atoms with Crippen LogP contribution in [0.25, 0.3) is 0 Å². The fraction of sp³-hybridized carbons (Fsp3) is 0.500. The van der Waals surface area contributed by atoms with Crippen LogP contribution in [0.1, 0.15) is 31.7 Å². The van der Waals surface area contributed by atoms with E-state index in [1.54, 1.807) is 12.3 Å². The minimum Gasteiger partial charge on any atom is -0.360 e. The summed E-state index contributed by atoms with van der Waals surface area (Å²) in [6, 6.07) is 5.67. The van der Waals surface area contributed by atoms with E-state index in [4.69, 9.17) is 5.26 Å². The molecular weight excluding hydrogens is 186 g/mol. The standard InChI is InChI=1S/C12H17N3/c1-3-4-5-8-15(2)12-9-11(10-13)6-7-14-12/h6-7,9H,3-5,8H2,1-2H3. The van der Waals surface area contributed by atoms with Gasteiger partial charge >= 0.3 is 0 Å². The molecule has 0 amide bonds. The monoisotopic (exact) mass is 203 g/mol. The molecule has 0 aliphatic rings. The highest BCUT2D eigenvalue weighted by Gasteiger charge is 2.02. The molecule has 0 aromatic carbocycles. The SMILES string of the molecule is CCCCCN(C)c1cc(C#N)ccn1. The van der Waals surface area contributed by atoms with E-state index in [0.717, 1.165) is 12.4 Å². The second-order valence-corrected chi connectivity index (χ2v) is 3.64. The van der Waals surface area contributed by atoms with Gasteiger partial charge in [-0.25, -0.2) is 4.98 Å². The molecule has 1 aromatic rings. The van der Waals surface area contributed by atoms with E-state index in [1.165, 1.54) is 19.3 Å². The number of hydrogen-bond donors (Lipinski definition) is 0. The number of aromatic nitrogens is 1. The summed E-state index contributed by atoms with van der Waals surface area (Å²) in [6.07, 6.45) is 5.32. The summed E-state index contributed by atoms with van der Waals surface area (Å²) >= 11 is 0. The lowest BCUT2D eigenvalue weighted by Crippen LogP contribution is -2.19. The summed E-state index contributed by atoms with van der Waals surface area (Å²) in [5.41, 5.74) is 0.669. The predicted octanol–water partition coefficient (Wildman–Crippen LogP) is 2.58. The molecule has 0 aliphatic carbocycles. The molecule has 1 aromatic heterocycles. The molecule has 0 atom stereocenters. The number of pyridine rings is 1. The lowest BCUT2D eigenvalue weighted by molar-refractivity contribution is 0.701. The lowest BCUT2D eigenvalue weighted by Gasteiger charge is -2.17. The molecule has 0 saturated carbocycles. The van der Waals surface area contributed by atoms with Gasteiger partial charge in [0.15, 0.2) is 0 Å². The summed E-state index contributed by atoms with van der Waals surface area (Å²) in [5.74, 6) is 0.880. The summed E-state index contributed by atoms with van der Waals surface area (Å²) in [7, 11) is 2.01. The number of anilines is 1. The quantitative estimate of drug-likeness (QED) is 0.690. The van der Waals surface area contributed by atoms with Crippen molar-refractivity contribution >= 4 is 5.82 Å². The second-order valence-electron chi connectivity index (χ2n) is 3.64. The van der Waals surface area contributed by atoms with E-state index < -0.39 is 0 Å². The second kappa shape index (κ2) is 6.02. The maximum Gasteiger partial charge on any atom is 0.129 e. The van der Waals surface area contributed by atoms with Gasteiger partial charge < -0.3 is 4.90 Å². The van der Waals surface area contributed by atoms with Gasteiger partial charge in [-0.3, -0.25) is 0 Å². The van der Waals surface area contributed by atoms with Crippen molar-refractivity contribution < 1.29 is 0 Å². The fourth-order valence-corrected chi connectivity index (χ4v) is 1.41. The van der Waals surface area contributed by atoms with Gasteiger partial charge in [-0.1, -0.05) is 19.8 Å². The minimum atomic E-state index is 0.669. The van der Waals surface area contributed by atoms with E-state index in [1.807, 2.05) is 13.1 Å². The van der Waals surface area contributed by atoms with Gasteiger partial charge in [0.1, 0.15) is 5.82 Å². The molecule has 15 heavy (non-hydrogen) atoms. The number of rotatable bonds is 5. The zero-order valence-electron chi connectivity index (χ0n) is 9.40.